The van der Waals surface area contributed by atoms with Crippen LogP contribution in [0.1, 0.15) is 40.9 Å². The van der Waals surface area contributed by atoms with E-state index in [2.05, 4.69) is 11.2 Å². The third-order valence-corrected chi connectivity index (χ3v) is 2.69. The van der Waals surface area contributed by atoms with Crippen LogP contribution in [-0.4, -0.2) is 11.4 Å². The predicted molar refractivity (Wildman–Crippen MR) is 71.0 cm³/mol. The molecule has 1 amide bonds. The number of carbonyl (C=O) groups is 1. The second-order valence-electron chi connectivity index (χ2n) is 5.00. The number of terminal acetylenes is 1. The summed E-state index contributed by atoms with van der Waals surface area (Å²) in [6, 6.07) is 4.01. The lowest BCUT2D eigenvalue weighted by Gasteiger charge is -2.21. The van der Waals surface area contributed by atoms with Crippen molar-refractivity contribution in [2.75, 3.05) is 0 Å². The first-order valence-corrected chi connectivity index (χ1v) is 5.65. The first kappa shape index (κ1) is 13.3. The van der Waals surface area contributed by atoms with Crippen molar-refractivity contribution in [2.24, 2.45) is 0 Å². The van der Waals surface area contributed by atoms with Crippen molar-refractivity contribution >= 4 is 5.91 Å². The molecular formula is C15H19NO. The molecule has 90 valence electrons. The molecule has 0 saturated heterocycles. The Balaban J connectivity index is 3.11. The van der Waals surface area contributed by atoms with Gasteiger partial charge in [-0.05, 0) is 45.7 Å². The minimum atomic E-state index is -0.624. The van der Waals surface area contributed by atoms with Crippen molar-refractivity contribution in [3.8, 4) is 12.3 Å². The minimum absolute atomic E-state index is 0.108. The van der Waals surface area contributed by atoms with Crippen LogP contribution in [0, 0.1) is 33.1 Å². The van der Waals surface area contributed by atoms with E-state index in [1.165, 1.54) is 0 Å². The zero-order chi connectivity index (χ0) is 13.2. The van der Waals surface area contributed by atoms with Crippen LogP contribution in [-0.2, 0) is 0 Å². The lowest BCUT2D eigenvalue weighted by molar-refractivity contribution is 0.0928. The summed E-state index contributed by atoms with van der Waals surface area (Å²) in [5.41, 5.74) is 3.22. The van der Waals surface area contributed by atoms with Crippen LogP contribution in [0.15, 0.2) is 12.1 Å². The highest BCUT2D eigenvalue weighted by Crippen LogP contribution is 2.17. The number of rotatable bonds is 2. The van der Waals surface area contributed by atoms with Gasteiger partial charge in [-0.25, -0.2) is 0 Å². The minimum Gasteiger partial charge on any atom is -0.336 e. The number of carbonyl (C=O) groups excluding carboxylic acids is 1. The quantitative estimate of drug-likeness (QED) is 0.776. The smallest absolute Gasteiger partial charge is 0.252 e. The van der Waals surface area contributed by atoms with Gasteiger partial charge in [-0.15, -0.1) is 6.42 Å². The summed E-state index contributed by atoms with van der Waals surface area (Å²) in [5, 5.41) is 2.85. The van der Waals surface area contributed by atoms with E-state index in [4.69, 9.17) is 6.42 Å². The van der Waals surface area contributed by atoms with Gasteiger partial charge < -0.3 is 5.32 Å². The monoisotopic (exact) mass is 229 g/mol. The molecule has 0 atom stereocenters. The molecule has 0 aliphatic heterocycles. The van der Waals surface area contributed by atoms with Gasteiger partial charge in [0.2, 0.25) is 0 Å². The Hall–Kier alpha value is -1.75. The summed E-state index contributed by atoms with van der Waals surface area (Å²) in [6.45, 7) is 9.52. The molecule has 0 bridgehead atoms. The van der Waals surface area contributed by atoms with Gasteiger partial charge in [0.15, 0.2) is 0 Å². The average molecular weight is 229 g/mol. The topological polar surface area (TPSA) is 29.1 Å². The van der Waals surface area contributed by atoms with Crippen molar-refractivity contribution in [3.63, 3.8) is 0 Å². The van der Waals surface area contributed by atoms with E-state index in [0.717, 1.165) is 22.3 Å². The van der Waals surface area contributed by atoms with Gasteiger partial charge in [-0.2, -0.15) is 0 Å². The normalized spacial score (nSPS) is 10.8. The molecule has 17 heavy (non-hydrogen) atoms. The van der Waals surface area contributed by atoms with Crippen molar-refractivity contribution in [1.29, 1.82) is 0 Å². The van der Waals surface area contributed by atoms with Gasteiger partial charge in [-0.1, -0.05) is 23.6 Å². The Morgan fingerprint density at radius 2 is 1.71 bits per heavy atom. The summed E-state index contributed by atoms with van der Waals surface area (Å²) in [6.07, 6.45) is 5.37. The van der Waals surface area contributed by atoms with Crippen molar-refractivity contribution in [3.05, 3.63) is 34.4 Å². The van der Waals surface area contributed by atoms with Gasteiger partial charge in [0.05, 0.1) is 5.54 Å². The Morgan fingerprint density at radius 1 is 1.24 bits per heavy atom. The van der Waals surface area contributed by atoms with Gasteiger partial charge in [0.1, 0.15) is 0 Å². The molecule has 1 N–H and O–H groups in total. The Morgan fingerprint density at radius 3 is 2.12 bits per heavy atom. The van der Waals surface area contributed by atoms with E-state index in [1.807, 2.05) is 46.8 Å². The van der Waals surface area contributed by atoms with Crippen LogP contribution >= 0.6 is 0 Å². The molecule has 0 saturated carbocycles. The molecule has 2 heteroatoms. The molecular weight excluding hydrogens is 210 g/mol. The summed E-state index contributed by atoms with van der Waals surface area (Å²) < 4.78 is 0. The lowest BCUT2D eigenvalue weighted by Crippen LogP contribution is -2.42. The SMILES string of the molecule is C#CC(C)(C)NC(=O)c1c(C)cc(C)cc1C. The van der Waals surface area contributed by atoms with Gasteiger partial charge >= 0.3 is 0 Å². The largest absolute Gasteiger partial charge is 0.336 e. The van der Waals surface area contributed by atoms with E-state index < -0.39 is 5.54 Å². The van der Waals surface area contributed by atoms with Crippen LogP contribution in [0.3, 0.4) is 0 Å². The zero-order valence-electron chi connectivity index (χ0n) is 11.1. The van der Waals surface area contributed by atoms with E-state index in [0.29, 0.717) is 0 Å². The molecule has 0 unspecified atom stereocenters. The molecule has 1 rings (SSSR count). The Bertz CT molecular complexity index is 469. The van der Waals surface area contributed by atoms with Crippen molar-refractivity contribution in [2.45, 2.75) is 40.2 Å². The third kappa shape index (κ3) is 3.10. The molecule has 0 radical (unpaired) electrons. The highest BCUT2D eigenvalue weighted by Gasteiger charge is 2.20. The standard InChI is InChI=1S/C15H19NO/c1-7-15(5,6)16-14(17)13-11(3)8-10(2)9-12(13)4/h1,8-9H,2-6H3,(H,16,17). The second-order valence-corrected chi connectivity index (χ2v) is 5.00. The van der Waals surface area contributed by atoms with Crippen LogP contribution in [0.2, 0.25) is 0 Å². The first-order valence-electron chi connectivity index (χ1n) is 5.65. The average Bonchev–Trinajstić information content (AvgIpc) is 2.14. The number of benzene rings is 1. The van der Waals surface area contributed by atoms with E-state index in [-0.39, 0.29) is 5.91 Å². The maximum Gasteiger partial charge on any atom is 0.252 e. The van der Waals surface area contributed by atoms with Gasteiger partial charge in [0, 0.05) is 5.56 Å². The highest BCUT2D eigenvalue weighted by molar-refractivity contribution is 5.97. The van der Waals surface area contributed by atoms with Crippen molar-refractivity contribution < 1.29 is 4.79 Å². The summed E-state index contributed by atoms with van der Waals surface area (Å²) >= 11 is 0. The Labute approximate surface area is 103 Å². The molecule has 0 aromatic heterocycles. The first-order chi connectivity index (χ1) is 7.76. The molecule has 1 aromatic rings. The van der Waals surface area contributed by atoms with Crippen LogP contribution in [0.25, 0.3) is 0 Å². The molecule has 2 nitrogen and oxygen atoms in total. The van der Waals surface area contributed by atoms with Crippen LogP contribution in [0.4, 0.5) is 0 Å². The maximum atomic E-state index is 12.2. The number of amides is 1. The predicted octanol–water partition coefficient (Wildman–Crippen LogP) is 2.75. The second kappa shape index (κ2) is 4.63. The summed E-state index contributed by atoms with van der Waals surface area (Å²) in [4.78, 5) is 12.2. The van der Waals surface area contributed by atoms with E-state index in [9.17, 15) is 4.79 Å². The zero-order valence-corrected chi connectivity index (χ0v) is 11.1. The van der Waals surface area contributed by atoms with Gasteiger partial charge in [-0.3, -0.25) is 4.79 Å². The lowest BCUT2D eigenvalue weighted by atomic mass is 9.98. The fourth-order valence-electron chi connectivity index (χ4n) is 1.92. The number of aryl methyl sites for hydroxylation is 3. The number of hydrogen-bond donors (Lipinski definition) is 1. The van der Waals surface area contributed by atoms with E-state index >= 15 is 0 Å². The fraction of sp³-hybridized carbons (Fsp3) is 0.400. The fourth-order valence-corrected chi connectivity index (χ4v) is 1.92. The van der Waals surface area contributed by atoms with Crippen LogP contribution < -0.4 is 5.32 Å². The molecule has 0 fully saturated rings. The van der Waals surface area contributed by atoms with Gasteiger partial charge in [0.25, 0.3) is 5.91 Å². The molecule has 0 spiro atoms. The summed E-state index contributed by atoms with van der Waals surface area (Å²) in [5.74, 6) is 2.45. The molecule has 1 aromatic carbocycles. The van der Waals surface area contributed by atoms with Crippen LogP contribution in [0.5, 0.6) is 0 Å². The number of nitrogens with one attached hydrogen (secondary N) is 1. The molecule has 0 aliphatic carbocycles. The maximum absolute atomic E-state index is 12.2. The van der Waals surface area contributed by atoms with Crippen molar-refractivity contribution in [1.82, 2.24) is 5.32 Å². The third-order valence-electron chi connectivity index (χ3n) is 2.69. The molecule has 0 aliphatic rings. The number of hydrogen-bond acceptors (Lipinski definition) is 1. The Kier molecular flexibility index (Phi) is 3.63. The van der Waals surface area contributed by atoms with E-state index in [1.54, 1.807) is 0 Å². The summed E-state index contributed by atoms with van der Waals surface area (Å²) in [7, 11) is 0. The highest BCUT2D eigenvalue weighted by atomic mass is 16.1. The molecule has 0 heterocycles.